The molecular formula is C41H42N2O19. The zero-order valence-electron chi connectivity index (χ0n) is 33.0. The number of carboxylic acids is 2. The number of rotatable bonds is 14. The molecule has 0 radical (unpaired) electrons. The number of fused-ring (bicyclic) bond motifs is 3. The summed E-state index contributed by atoms with van der Waals surface area (Å²) in [7, 11) is 1.28. The normalized spacial score (nSPS) is 23.1. The van der Waals surface area contributed by atoms with Gasteiger partial charge in [0.2, 0.25) is 5.78 Å². The molecule has 330 valence electrons. The number of alkyl carbamates (subject to hydrolysis) is 1. The zero-order valence-corrected chi connectivity index (χ0v) is 33.0. The number of aliphatic hydroxyl groups excluding tert-OH is 2. The van der Waals surface area contributed by atoms with Crippen LogP contribution in [0.3, 0.4) is 0 Å². The fraction of sp³-hybridized carbons (Fsp3) is 0.390. The van der Waals surface area contributed by atoms with E-state index in [2.05, 4.69) is 10.6 Å². The highest BCUT2D eigenvalue weighted by Gasteiger charge is 2.50. The number of Topliss-reactive ketones (excluding diaryl/α,β-unsaturated/α-hetero) is 1. The van der Waals surface area contributed by atoms with Crippen LogP contribution in [0.25, 0.3) is 0 Å². The van der Waals surface area contributed by atoms with Crippen molar-refractivity contribution in [1.82, 2.24) is 10.6 Å². The average molecular weight is 867 g/mol. The molecule has 3 aromatic carbocycles. The smallest absolute Gasteiger partial charge is 0.413 e. The Balaban J connectivity index is 1.16. The number of nitrogens with one attached hydrogen (secondary N) is 2. The van der Waals surface area contributed by atoms with Crippen LogP contribution in [0.2, 0.25) is 0 Å². The third-order valence-corrected chi connectivity index (χ3v) is 10.8. The van der Waals surface area contributed by atoms with Crippen LogP contribution in [-0.4, -0.2) is 127 Å². The molecule has 1 fully saturated rings. The lowest BCUT2D eigenvalue weighted by molar-refractivity contribution is -0.249. The van der Waals surface area contributed by atoms with Gasteiger partial charge in [-0.05, 0) is 37.1 Å². The Hall–Kier alpha value is -6.65. The topological polar surface area (TPSA) is 331 Å². The lowest BCUT2D eigenvalue weighted by atomic mass is 9.72. The summed E-state index contributed by atoms with van der Waals surface area (Å²) in [4.78, 5) is 87.9. The lowest BCUT2D eigenvalue weighted by Gasteiger charge is -2.42. The van der Waals surface area contributed by atoms with Crippen molar-refractivity contribution in [3.05, 3.63) is 81.4 Å². The minimum absolute atomic E-state index is 0.0164. The highest BCUT2D eigenvalue weighted by atomic mass is 16.7. The number of aromatic hydroxyl groups is 2. The molecule has 3 aliphatic rings. The molecule has 1 aliphatic heterocycles. The van der Waals surface area contributed by atoms with Gasteiger partial charge in [-0.1, -0.05) is 24.3 Å². The maximum absolute atomic E-state index is 13.9. The number of aliphatic carboxylic acids is 2. The van der Waals surface area contributed by atoms with Crippen molar-refractivity contribution in [2.45, 2.75) is 87.9 Å². The molecule has 9 N–H and O–H groups in total. The molecular weight excluding hydrogens is 824 g/mol. The fourth-order valence-corrected chi connectivity index (χ4v) is 7.66. The summed E-state index contributed by atoms with van der Waals surface area (Å²) < 4.78 is 27.7. The van der Waals surface area contributed by atoms with Gasteiger partial charge in [-0.25, -0.2) is 14.4 Å². The maximum atomic E-state index is 13.9. The van der Waals surface area contributed by atoms with E-state index in [0.717, 1.165) is 0 Å². The van der Waals surface area contributed by atoms with Crippen LogP contribution in [0.5, 0.6) is 23.0 Å². The molecule has 21 nitrogen and oxygen atoms in total. The summed E-state index contributed by atoms with van der Waals surface area (Å²) in [6.07, 6.45) is -9.89. The van der Waals surface area contributed by atoms with Crippen LogP contribution in [0.1, 0.15) is 87.2 Å². The van der Waals surface area contributed by atoms with Gasteiger partial charge in [0.25, 0.3) is 0 Å². The number of carbonyl (C=O) groups is 7. The van der Waals surface area contributed by atoms with E-state index in [1.165, 1.54) is 56.5 Å². The molecule has 0 saturated carbocycles. The first-order valence-electron chi connectivity index (χ1n) is 19.0. The highest BCUT2D eigenvalue weighted by Crippen LogP contribution is 2.52. The number of phenolic OH excluding ortho intramolecular Hbond substituents is 2. The lowest BCUT2D eigenvalue weighted by Crippen LogP contribution is -2.56. The van der Waals surface area contributed by atoms with E-state index < -0.39 is 132 Å². The summed E-state index contributed by atoms with van der Waals surface area (Å²) in [6.45, 7) is 0.0152. The van der Waals surface area contributed by atoms with Gasteiger partial charge in [-0.2, -0.15) is 0 Å². The highest BCUT2D eigenvalue weighted by molar-refractivity contribution is 6.31. The number of ketones is 3. The van der Waals surface area contributed by atoms with Crippen molar-refractivity contribution >= 4 is 41.5 Å². The number of methoxy groups -OCH3 is 1. The molecule has 2 amide bonds. The van der Waals surface area contributed by atoms with Gasteiger partial charge < -0.3 is 70.1 Å². The Kier molecular flexibility index (Phi) is 13.1. The van der Waals surface area contributed by atoms with Crippen molar-refractivity contribution in [2.24, 2.45) is 0 Å². The Morgan fingerprint density at radius 1 is 0.952 bits per heavy atom. The van der Waals surface area contributed by atoms with Crippen LogP contribution >= 0.6 is 0 Å². The summed E-state index contributed by atoms with van der Waals surface area (Å²) >= 11 is 0. The predicted molar refractivity (Wildman–Crippen MR) is 205 cm³/mol. The summed E-state index contributed by atoms with van der Waals surface area (Å²) in [5.41, 5.74) is -3.99. The summed E-state index contributed by atoms with van der Waals surface area (Å²) in [6, 6.07) is 7.11. The monoisotopic (exact) mass is 866 g/mol. The molecule has 0 bridgehead atoms. The van der Waals surface area contributed by atoms with E-state index in [0.29, 0.717) is 5.56 Å². The van der Waals surface area contributed by atoms with Crippen LogP contribution in [-0.2, 0) is 41.6 Å². The number of hydrogen-bond acceptors (Lipinski definition) is 17. The van der Waals surface area contributed by atoms with Crippen LogP contribution in [0, 0.1) is 0 Å². The minimum atomic E-state index is -2.40. The predicted octanol–water partition coefficient (Wildman–Crippen LogP) is 1.38. The number of phenols is 2. The number of carboxylic acid groups (broad SMARTS) is 2. The quantitative estimate of drug-likeness (QED) is 0.0808. The second-order valence-corrected chi connectivity index (χ2v) is 14.8. The van der Waals surface area contributed by atoms with E-state index in [1.807, 2.05) is 0 Å². The maximum Gasteiger partial charge on any atom is 0.413 e. The van der Waals surface area contributed by atoms with Gasteiger partial charge >= 0.3 is 24.1 Å². The van der Waals surface area contributed by atoms with Gasteiger partial charge in [0.1, 0.15) is 54.0 Å². The van der Waals surface area contributed by atoms with Gasteiger partial charge in [-0.3, -0.25) is 19.2 Å². The number of amides is 2. The van der Waals surface area contributed by atoms with Crippen molar-refractivity contribution < 1.29 is 93.0 Å². The number of aliphatic hydroxyl groups is 3. The van der Waals surface area contributed by atoms with E-state index in [1.54, 1.807) is 0 Å². The third kappa shape index (κ3) is 9.02. The van der Waals surface area contributed by atoms with Crippen LogP contribution in [0.4, 0.5) is 9.59 Å². The van der Waals surface area contributed by atoms with E-state index in [4.69, 9.17) is 28.8 Å². The van der Waals surface area contributed by atoms with Gasteiger partial charge in [0, 0.05) is 42.4 Å². The first kappa shape index (κ1) is 44.9. The van der Waals surface area contributed by atoms with Crippen molar-refractivity contribution in [3.8, 4) is 23.0 Å². The van der Waals surface area contributed by atoms with E-state index >= 15 is 0 Å². The number of ether oxygens (including phenoxy) is 5. The number of hydrogen-bond donors (Lipinski definition) is 9. The number of carbonyl (C=O) groups excluding carboxylic acids is 5. The van der Waals surface area contributed by atoms with Crippen molar-refractivity contribution in [3.63, 3.8) is 0 Å². The van der Waals surface area contributed by atoms with E-state index in [9.17, 15) is 64.2 Å². The number of benzene rings is 3. The molecule has 6 rings (SSSR count). The molecule has 1 saturated heterocycles. The zero-order chi connectivity index (χ0) is 45.2. The largest absolute Gasteiger partial charge is 0.507 e. The third-order valence-electron chi connectivity index (χ3n) is 10.8. The Bertz CT molecular complexity index is 2310. The standard InChI is InChI=1S/C41H42N2O19/c1-17-33(48)23(43-39(55)59-16-18-6-8-19(9-7-18)61-40(56)42-22(38(53)54)10-11-27(46)47)12-28(60-17)62-25-14-41(57,26(45)15-44)13-21-30(25)37(52)32-31(35(21)50)34(49)20-4-3-5-24(58-2)29(20)36(32)51/h3-9,17,22-23,25,28,33,44,48,50,52,57H,10-16H2,1-2H3,(H,42,56)(H,43,55)(H,46,47)(H,53,54)/t17-,22-,23-,25-,28-,33+,41-/m0/s1. The van der Waals surface area contributed by atoms with Gasteiger partial charge in [0.15, 0.2) is 17.9 Å². The minimum Gasteiger partial charge on any atom is -0.507 e. The van der Waals surface area contributed by atoms with Crippen LogP contribution in [0.15, 0.2) is 42.5 Å². The molecule has 2 aliphatic carbocycles. The molecule has 3 aromatic rings. The first-order valence-corrected chi connectivity index (χ1v) is 19.0. The summed E-state index contributed by atoms with van der Waals surface area (Å²) in [5, 5.41) is 78.2. The van der Waals surface area contributed by atoms with Crippen molar-refractivity contribution in [1.29, 1.82) is 0 Å². The van der Waals surface area contributed by atoms with Gasteiger partial charge in [-0.15, -0.1) is 0 Å². The SMILES string of the molecule is COc1cccc2c1C(=O)c1c(O)c3c(c(O)c1C2=O)C[C@@](O)(C(=O)CO)C[C@@H]3O[C@H]1C[C@H](NC(=O)OCc2ccc(OC(=O)N[C@@H](CCC(=O)O)C(=O)O)cc2)[C@H](O)[C@H](C)O1. The Morgan fingerprint density at radius 2 is 1.65 bits per heavy atom. The van der Waals surface area contributed by atoms with Crippen LogP contribution < -0.4 is 20.1 Å². The molecule has 62 heavy (non-hydrogen) atoms. The molecule has 7 atom stereocenters. The first-order chi connectivity index (χ1) is 29.4. The van der Waals surface area contributed by atoms with E-state index in [-0.39, 0.29) is 53.2 Å². The van der Waals surface area contributed by atoms with Gasteiger partial charge in [0.05, 0.1) is 42.0 Å². The fourth-order valence-electron chi connectivity index (χ4n) is 7.66. The summed E-state index contributed by atoms with van der Waals surface area (Å²) in [5.74, 6) is -7.07. The molecule has 0 unspecified atom stereocenters. The molecule has 21 heteroatoms. The molecule has 0 aromatic heterocycles. The molecule has 0 spiro atoms. The van der Waals surface area contributed by atoms with Crippen molar-refractivity contribution in [2.75, 3.05) is 13.7 Å². The average Bonchev–Trinajstić information content (AvgIpc) is 3.23. The Labute approximate surface area is 350 Å². The molecule has 1 heterocycles. The second-order valence-electron chi connectivity index (χ2n) is 14.8. The Morgan fingerprint density at radius 3 is 2.29 bits per heavy atom. The second kappa shape index (κ2) is 18.1.